The van der Waals surface area contributed by atoms with Gasteiger partial charge in [-0.2, -0.15) is 0 Å². The molecule has 0 aliphatic carbocycles. The molecule has 0 amide bonds. The maximum atomic E-state index is 11.2. The SMILES string of the molecule is CNCCN(C)c1nc(C)cc(C)c1C(=O)O. The second-order valence-corrected chi connectivity index (χ2v) is 4.11. The molecule has 1 aromatic heterocycles. The fourth-order valence-corrected chi connectivity index (χ4v) is 1.74. The molecular formula is C12H19N3O2. The molecule has 0 radical (unpaired) electrons. The van der Waals surface area contributed by atoms with Crippen LogP contribution in [0.4, 0.5) is 5.82 Å². The monoisotopic (exact) mass is 237 g/mol. The Hall–Kier alpha value is -1.62. The van der Waals surface area contributed by atoms with Gasteiger partial charge >= 0.3 is 5.97 Å². The molecule has 94 valence electrons. The normalized spacial score (nSPS) is 10.4. The van der Waals surface area contributed by atoms with Gasteiger partial charge < -0.3 is 15.3 Å². The van der Waals surface area contributed by atoms with Gasteiger partial charge in [0.1, 0.15) is 11.4 Å². The van der Waals surface area contributed by atoms with Crippen LogP contribution in [0.15, 0.2) is 6.07 Å². The van der Waals surface area contributed by atoms with E-state index in [2.05, 4.69) is 10.3 Å². The van der Waals surface area contributed by atoms with E-state index in [0.717, 1.165) is 17.8 Å². The van der Waals surface area contributed by atoms with Crippen molar-refractivity contribution in [3.8, 4) is 0 Å². The van der Waals surface area contributed by atoms with Gasteiger partial charge in [0.15, 0.2) is 0 Å². The van der Waals surface area contributed by atoms with Crippen LogP contribution in [0.3, 0.4) is 0 Å². The molecule has 1 rings (SSSR count). The number of carboxylic acids is 1. The smallest absolute Gasteiger partial charge is 0.339 e. The molecule has 1 heterocycles. The molecule has 17 heavy (non-hydrogen) atoms. The molecule has 2 N–H and O–H groups in total. The summed E-state index contributed by atoms with van der Waals surface area (Å²) in [6.45, 7) is 5.17. The Morgan fingerprint density at radius 2 is 2.18 bits per heavy atom. The Morgan fingerprint density at radius 1 is 1.53 bits per heavy atom. The Labute approximate surface area is 101 Å². The minimum atomic E-state index is -0.929. The van der Waals surface area contributed by atoms with Crippen LogP contribution < -0.4 is 10.2 Å². The van der Waals surface area contributed by atoms with E-state index in [1.807, 2.05) is 25.9 Å². The first-order valence-corrected chi connectivity index (χ1v) is 5.54. The van der Waals surface area contributed by atoms with Crippen LogP contribution >= 0.6 is 0 Å². The third-order valence-electron chi connectivity index (χ3n) is 2.60. The second-order valence-electron chi connectivity index (χ2n) is 4.11. The predicted molar refractivity (Wildman–Crippen MR) is 67.9 cm³/mol. The Balaban J connectivity index is 3.15. The molecule has 5 nitrogen and oxygen atoms in total. The number of aromatic carboxylic acids is 1. The van der Waals surface area contributed by atoms with Gasteiger partial charge in [-0.25, -0.2) is 9.78 Å². The van der Waals surface area contributed by atoms with Crippen molar-refractivity contribution in [2.45, 2.75) is 13.8 Å². The number of pyridine rings is 1. The van der Waals surface area contributed by atoms with Crippen LogP contribution in [-0.4, -0.2) is 43.2 Å². The number of hydrogen-bond donors (Lipinski definition) is 2. The summed E-state index contributed by atoms with van der Waals surface area (Å²) in [5, 5.41) is 12.3. The molecule has 0 saturated heterocycles. The van der Waals surface area contributed by atoms with Crippen molar-refractivity contribution >= 4 is 11.8 Å². The molecule has 0 unspecified atom stereocenters. The highest BCUT2D eigenvalue weighted by molar-refractivity contribution is 5.95. The summed E-state index contributed by atoms with van der Waals surface area (Å²) in [7, 11) is 3.71. The van der Waals surface area contributed by atoms with E-state index in [1.54, 1.807) is 13.0 Å². The molecule has 0 atom stereocenters. The number of aromatic nitrogens is 1. The van der Waals surface area contributed by atoms with Gasteiger partial charge in [0.2, 0.25) is 0 Å². The molecule has 0 saturated carbocycles. The van der Waals surface area contributed by atoms with Crippen molar-refractivity contribution in [1.29, 1.82) is 0 Å². The van der Waals surface area contributed by atoms with Gasteiger partial charge in [0.25, 0.3) is 0 Å². The number of carboxylic acid groups (broad SMARTS) is 1. The average molecular weight is 237 g/mol. The van der Waals surface area contributed by atoms with Crippen molar-refractivity contribution < 1.29 is 9.90 Å². The van der Waals surface area contributed by atoms with Crippen LogP contribution in [0.2, 0.25) is 0 Å². The first kappa shape index (κ1) is 13.4. The van der Waals surface area contributed by atoms with Crippen LogP contribution in [-0.2, 0) is 0 Å². The minimum Gasteiger partial charge on any atom is -0.478 e. The maximum absolute atomic E-state index is 11.2. The quantitative estimate of drug-likeness (QED) is 0.801. The Bertz CT molecular complexity index is 418. The molecule has 0 fully saturated rings. The lowest BCUT2D eigenvalue weighted by atomic mass is 10.1. The van der Waals surface area contributed by atoms with Crippen molar-refractivity contribution in [3.05, 3.63) is 22.9 Å². The van der Waals surface area contributed by atoms with Crippen molar-refractivity contribution in [1.82, 2.24) is 10.3 Å². The number of carbonyl (C=O) groups is 1. The highest BCUT2D eigenvalue weighted by Gasteiger charge is 2.18. The lowest BCUT2D eigenvalue weighted by molar-refractivity contribution is 0.0696. The number of anilines is 1. The first-order chi connectivity index (χ1) is 7.97. The number of rotatable bonds is 5. The number of nitrogens with zero attached hydrogens (tertiary/aromatic N) is 2. The van der Waals surface area contributed by atoms with Crippen LogP contribution in [0.1, 0.15) is 21.6 Å². The molecule has 0 spiro atoms. The molecule has 0 aromatic carbocycles. The molecular weight excluding hydrogens is 218 g/mol. The second kappa shape index (κ2) is 5.63. The number of hydrogen-bond acceptors (Lipinski definition) is 4. The van der Waals surface area contributed by atoms with E-state index in [-0.39, 0.29) is 5.56 Å². The first-order valence-electron chi connectivity index (χ1n) is 5.54. The predicted octanol–water partition coefficient (Wildman–Crippen LogP) is 1.05. The molecule has 0 aliphatic heterocycles. The van der Waals surface area contributed by atoms with E-state index in [9.17, 15) is 9.90 Å². The van der Waals surface area contributed by atoms with Crippen LogP contribution in [0.25, 0.3) is 0 Å². The zero-order chi connectivity index (χ0) is 13.0. The summed E-state index contributed by atoms with van der Waals surface area (Å²) >= 11 is 0. The summed E-state index contributed by atoms with van der Waals surface area (Å²) in [6, 6.07) is 1.79. The summed E-state index contributed by atoms with van der Waals surface area (Å²) in [5.74, 6) is -0.397. The van der Waals surface area contributed by atoms with Gasteiger partial charge in [-0.3, -0.25) is 0 Å². The van der Waals surface area contributed by atoms with Gasteiger partial charge in [-0.15, -0.1) is 0 Å². The molecule has 1 aromatic rings. The van der Waals surface area contributed by atoms with Gasteiger partial charge in [0, 0.05) is 25.8 Å². The van der Waals surface area contributed by atoms with E-state index in [4.69, 9.17) is 0 Å². The third kappa shape index (κ3) is 3.17. The molecule has 0 bridgehead atoms. The average Bonchev–Trinajstić information content (AvgIpc) is 2.23. The van der Waals surface area contributed by atoms with Gasteiger partial charge in [-0.1, -0.05) is 0 Å². The lowest BCUT2D eigenvalue weighted by Gasteiger charge is -2.21. The Morgan fingerprint density at radius 3 is 2.71 bits per heavy atom. The van der Waals surface area contributed by atoms with Crippen LogP contribution in [0.5, 0.6) is 0 Å². The van der Waals surface area contributed by atoms with Crippen LogP contribution in [0, 0.1) is 13.8 Å². The summed E-state index contributed by atoms with van der Waals surface area (Å²) < 4.78 is 0. The lowest BCUT2D eigenvalue weighted by Crippen LogP contribution is -2.29. The van der Waals surface area contributed by atoms with Crippen molar-refractivity contribution in [2.24, 2.45) is 0 Å². The van der Waals surface area contributed by atoms with E-state index in [0.29, 0.717) is 12.4 Å². The maximum Gasteiger partial charge on any atom is 0.339 e. The Kier molecular flexibility index (Phi) is 4.45. The zero-order valence-electron chi connectivity index (χ0n) is 10.7. The van der Waals surface area contributed by atoms with Gasteiger partial charge in [0.05, 0.1) is 0 Å². The molecule has 5 heteroatoms. The highest BCUT2D eigenvalue weighted by Crippen LogP contribution is 2.21. The standard InChI is InChI=1S/C12H19N3O2/c1-8-7-9(2)14-11(10(8)12(16)17)15(4)6-5-13-3/h7,13H,5-6H2,1-4H3,(H,16,17). The fraction of sp³-hybridized carbons (Fsp3) is 0.500. The number of aryl methyl sites for hydroxylation is 2. The summed E-state index contributed by atoms with van der Waals surface area (Å²) in [5.41, 5.74) is 1.87. The van der Waals surface area contributed by atoms with Crippen molar-refractivity contribution in [2.75, 3.05) is 32.1 Å². The third-order valence-corrected chi connectivity index (χ3v) is 2.60. The number of nitrogens with one attached hydrogen (secondary N) is 1. The summed E-state index contributed by atoms with van der Waals surface area (Å²) in [6.07, 6.45) is 0. The van der Waals surface area contributed by atoms with E-state index >= 15 is 0 Å². The fourth-order valence-electron chi connectivity index (χ4n) is 1.74. The largest absolute Gasteiger partial charge is 0.478 e. The number of likely N-dealkylation sites (N-methyl/N-ethyl adjacent to an activating group) is 2. The van der Waals surface area contributed by atoms with Crippen molar-refractivity contribution in [3.63, 3.8) is 0 Å². The summed E-state index contributed by atoms with van der Waals surface area (Å²) in [4.78, 5) is 17.4. The topological polar surface area (TPSA) is 65.5 Å². The van der Waals surface area contributed by atoms with Gasteiger partial charge in [-0.05, 0) is 32.5 Å². The minimum absolute atomic E-state index is 0.286. The van der Waals surface area contributed by atoms with E-state index < -0.39 is 5.97 Å². The molecule has 0 aliphatic rings. The highest BCUT2D eigenvalue weighted by atomic mass is 16.4. The zero-order valence-corrected chi connectivity index (χ0v) is 10.7. The van der Waals surface area contributed by atoms with E-state index in [1.165, 1.54) is 0 Å².